The van der Waals surface area contributed by atoms with E-state index >= 15 is 0 Å². The number of hydrogen-bond acceptors (Lipinski definition) is 8. The Kier molecular flexibility index (Phi) is 11.4. The molecule has 0 atom stereocenters. The van der Waals surface area contributed by atoms with Gasteiger partial charge in [0.05, 0.1) is 38.0 Å². The molecule has 0 amide bonds. The number of aliphatic imine (C=N–C) groups is 2. The average molecular weight is 480 g/mol. The van der Waals surface area contributed by atoms with Gasteiger partial charge >= 0.3 is 19.5 Å². The standard InChI is InChI=1S/C18H20N6O2S2.Zn/c1-25-15-7-3-13(4-8-15)21-17(27)23-19-11-12-20-24-18(28)22-14-5-9-16(26-2)10-6-14;/h3-12H,1-2H3,(H2,21,23,27)(H2,22,24,28);/q;+2/p-2/b19-11+,20-12+;. The number of hydrogen-bond donors (Lipinski definition) is 2. The van der Waals surface area contributed by atoms with Crippen molar-refractivity contribution in [2.45, 2.75) is 0 Å². The molecule has 2 rings (SSSR count). The van der Waals surface area contributed by atoms with E-state index in [0.29, 0.717) is 11.4 Å². The van der Waals surface area contributed by atoms with E-state index in [0.717, 1.165) is 11.5 Å². The molecular weight excluding hydrogens is 462 g/mol. The molecule has 0 aliphatic carbocycles. The maximum Gasteiger partial charge on any atom is 2.00 e. The summed E-state index contributed by atoms with van der Waals surface area (Å²) in [7, 11) is 3.20. The molecule has 8 nitrogen and oxygen atoms in total. The van der Waals surface area contributed by atoms with Gasteiger partial charge in [-0.05, 0) is 48.5 Å². The van der Waals surface area contributed by atoms with E-state index in [4.69, 9.17) is 34.7 Å². The summed E-state index contributed by atoms with van der Waals surface area (Å²) in [5, 5.41) is 8.21. The molecule has 2 aromatic rings. The van der Waals surface area contributed by atoms with Gasteiger partial charge in [0.25, 0.3) is 0 Å². The Morgan fingerprint density at radius 2 is 1.07 bits per heavy atom. The van der Waals surface area contributed by atoms with Crippen LogP contribution < -0.4 is 20.3 Å². The topological polar surface area (TPSA) is 92.0 Å². The van der Waals surface area contributed by atoms with Crippen molar-refractivity contribution < 1.29 is 29.0 Å². The zero-order chi connectivity index (χ0) is 20.2. The van der Waals surface area contributed by atoms with Crippen LogP contribution in [-0.2, 0) is 44.7 Å². The Bertz CT molecular complexity index is 797. The van der Waals surface area contributed by atoms with Gasteiger partial charge in [0, 0.05) is 10.3 Å². The van der Waals surface area contributed by atoms with E-state index < -0.39 is 0 Å². The van der Waals surface area contributed by atoms with Crippen molar-refractivity contribution in [3.05, 3.63) is 48.5 Å². The molecule has 0 spiro atoms. The third kappa shape index (κ3) is 9.42. The van der Waals surface area contributed by atoms with E-state index in [-0.39, 0.29) is 29.8 Å². The van der Waals surface area contributed by atoms with Crippen LogP contribution in [0.25, 0.3) is 0 Å². The fourth-order valence-corrected chi connectivity index (χ4v) is 2.17. The first-order valence-corrected chi connectivity index (χ1v) is 8.78. The zero-order valence-corrected chi connectivity index (χ0v) is 20.5. The minimum Gasteiger partial charge on any atom is -0.741 e. The molecule has 0 saturated carbocycles. The van der Waals surface area contributed by atoms with Crippen molar-refractivity contribution in [2.75, 3.05) is 14.2 Å². The number of nitrogens with one attached hydrogen (secondary N) is 2. The Morgan fingerprint density at radius 3 is 1.38 bits per heavy atom. The molecule has 2 N–H and O–H groups in total. The summed E-state index contributed by atoms with van der Waals surface area (Å²) < 4.78 is 10.2. The zero-order valence-electron chi connectivity index (χ0n) is 15.9. The van der Waals surface area contributed by atoms with Crippen LogP contribution >= 0.6 is 0 Å². The second-order valence-corrected chi connectivity index (χ2v) is 5.78. The average Bonchev–Trinajstić information content (AvgIpc) is 2.71. The van der Waals surface area contributed by atoms with E-state index in [1.807, 2.05) is 0 Å². The largest absolute Gasteiger partial charge is 2.00 e. The van der Waals surface area contributed by atoms with Gasteiger partial charge in [-0.25, -0.2) is 0 Å². The van der Waals surface area contributed by atoms with Gasteiger partial charge in [0.15, 0.2) is 0 Å². The number of ether oxygens (including phenoxy) is 2. The predicted molar refractivity (Wildman–Crippen MR) is 118 cm³/mol. The number of amidine groups is 2. The first-order chi connectivity index (χ1) is 13.6. The van der Waals surface area contributed by atoms with Crippen LogP contribution in [0.4, 0.5) is 11.4 Å². The molecule has 0 radical (unpaired) electrons. The molecule has 0 fully saturated rings. The predicted octanol–water partition coefficient (Wildman–Crippen LogP) is 2.62. The quantitative estimate of drug-likeness (QED) is 0.208. The van der Waals surface area contributed by atoms with Crippen molar-refractivity contribution in [2.24, 2.45) is 20.2 Å². The molecule has 0 aliphatic heterocycles. The van der Waals surface area contributed by atoms with Gasteiger partial charge in [-0.2, -0.15) is 10.2 Å². The molecule has 2 aromatic carbocycles. The second-order valence-electron chi connectivity index (χ2n) is 5.01. The van der Waals surface area contributed by atoms with Crippen molar-refractivity contribution >= 4 is 59.4 Å². The van der Waals surface area contributed by atoms with Crippen molar-refractivity contribution in [1.29, 1.82) is 0 Å². The Labute approximate surface area is 193 Å². The number of hydrazone groups is 2. The molecule has 0 unspecified atom stereocenters. The van der Waals surface area contributed by atoms with Gasteiger partial charge in [-0.15, -0.1) is 0 Å². The van der Waals surface area contributed by atoms with Gasteiger partial charge in [0.1, 0.15) is 11.5 Å². The molecule has 29 heavy (non-hydrogen) atoms. The number of rotatable bonds is 7. The minimum absolute atomic E-state index is 0. The van der Waals surface area contributed by atoms with Crippen LogP contribution in [0.5, 0.6) is 11.5 Å². The maximum absolute atomic E-state index is 5.08. The second kappa shape index (κ2) is 13.5. The van der Waals surface area contributed by atoms with Crippen LogP contribution in [0.3, 0.4) is 0 Å². The first kappa shape index (κ1) is 24.4. The van der Waals surface area contributed by atoms with Crippen LogP contribution in [0.1, 0.15) is 0 Å². The fraction of sp³-hybridized carbons (Fsp3) is 0.111. The van der Waals surface area contributed by atoms with Crippen molar-refractivity contribution in [3.8, 4) is 11.5 Å². The third-order valence-corrected chi connectivity index (χ3v) is 3.51. The smallest absolute Gasteiger partial charge is 0.741 e. The van der Waals surface area contributed by atoms with Crippen molar-refractivity contribution in [3.63, 3.8) is 0 Å². The summed E-state index contributed by atoms with van der Waals surface area (Å²) in [5.41, 5.74) is 6.61. The molecule has 0 saturated heterocycles. The van der Waals surface area contributed by atoms with Gasteiger partial charge in [-0.1, -0.05) is 0 Å². The summed E-state index contributed by atoms with van der Waals surface area (Å²) >= 11 is 10.2. The molecule has 0 bridgehead atoms. The summed E-state index contributed by atoms with van der Waals surface area (Å²) in [6.07, 6.45) is 2.80. The van der Waals surface area contributed by atoms with Crippen LogP contribution in [0.15, 0.2) is 68.7 Å². The molecule has 11 heteroatoms. The first-order valence-electron chi connectivity index (χ1n) is 7.97. The van der Waals surface area contributed by atoms with Crippen molar-refractivity contribution in [1.82, 2.24) is 10.9 Å². The molecule has 0 heterocycles. The van der Waals surface area contributed by atoms with Crippen LogP contribution in [-0.4, -0.2) is 37.0 Å². The maximum atomic E-state index is 5.08. The van der Waals surface area contributed by atoms with E-state index in [1.165, 1.54) is 12.4 Å². The Balaban J connectivity index is 0.00000420. The Morgan fingerprint density at radius 1 is 0.724 bits per heavy atom. The van der Waals surface area contributed by atoms with Gasteiger partial charge in [0.2, 0.25) is 0 Å². The third-order valence-electron chi connectivity index (χ3n) is 3.14. The summed E-state index contributed by atoms with van der Waals surface area (Å²) in [5.74, 6) is 1.49. The van der Waals surface area contributed by atoms with E-state index in [9.17, 15) is 0 Å². The van der Waals surface area contributed by atoms with E-state index in [2.05, 4.69) is 31.0 Å². The van der Waals surface area contributed by atoms with Crippen LogP contribution in [0.2, 0.25) is 0 Å². The van der Waals surface area contributed by atoms with Gasteiger partial charge in [-0.3, -0.25) is 20.8 Å². The fourth-order valence-electron chi connectivity index (χ4n) is 1.85. The summed E-state index contributed by atoms with van der Waals surface area (Å²) in [4.78, 5) is 8.37. The van der Waals surface area contributed by atoms with Gasteiger partial charge < -0.3 is 34.7 Å². The molecule has 0 aliphatic rings. The monoisotopic (exact) mass is 478 g/mol. The molecule has 146 valence electrons. The summed E-state index contributed by atoms with van der Waals surface area (Å²) in [6, 6.07) is 14.3. The number of methoxy groups -OCH3 is 2. The molecule has 0 aromatic heterocycles. The summed E-state index contributed by atoms with van der Waals surface area (Å²) in [6.45, 7) is 0. The van der Waals surface area contributed by atoms with Crippen LogP contribution in [0, 0.1) is 0 Å². The molecular formula is C18H18N6O2S2Zn. The minimum atomic E-state index is 0. The normalized spacial score (nSPS) is 11.9. The Hall–Kier alpha value is -2.62. The van der Waals surface area contributed by atoms with E-state index in [1.54, 1.807) is 62.8 Å². The number of benzene rings is 2. The number of nitrogens with zero attached hydrogens (tertiary/aromatic N) is 4. The SMILES string of the molecule is COc1ccc(N=C([S-])N/N=C/C=N/NC([S-])=Nc2ccc(OC)cc2)cc1.[Zn+2].